The second-order valence-corrected chi connectivity index (χ2v) is 4.35. The topological polar surface area (TPSA) is 84.9 Å². The number of ether oxygens (including phenoxy) is 2. The lowest BCUT2D eigenvalue weighted by molar-refractivity contribution is -0.116. The molecular formula is C14H23NO5. The number of rotatable bonds is 8. The Hall–Kier alpha value is -1.66. The van der Waals surface area contributed by atoms with Gasteiger partial charge in [0, 0.05) is 19.9 Å². The fourth-order valence-electron chi connectivity index (χ4n) is 1.83. The van der Waals surface area contributed by atoms with Crippen molar-refractivity contribution in [3.05, 3.63) is 22.6 Å². The van der Waals surface area contributed by atoms with Gasteiger partial charge in [0.2, 0.25) is 0 Å². The fraction of sp³-hybridized carbons (Fsp3) is 0.571. The first kappa shape index (κ1) is 18.3. The van der Waals surface area contributed by atoms with E-state index in [1.165, 1.54) is 35.0 Å². The molecule has 0 aromatic rings. The summed E-state index contributed by atoms with van der Waals surface area (Å²) in [5.41, 5.74) is 0.674. The summed E-state index contributed by atoms with van der Waals surface area (Å²) in [5, 5.41) is 12.6. The zero-order valence-electron chi connectivity index (χ0n) is 12.9. The minimum Gasteiger partial charge on any atom is -0.512 e. The highest BCUT2D eigenvalue weighted by Gasteiger charge is 2.21. The third-order valence-corrected chi connectivity index (χ3v) is 2.75. The van der Waals surface area contributed by atoms with E-state index in [0.29, 0.717) is 12.2 Å². The van der Waals surface area contributed by atoms with Gasteiger partial charge in [-0.2, -0.15) is 0 Å². The summed E-state index contributed by atoms with van der Waals surface area (Å²) in [5.74, 6) is -0.856. The molecule has 0 saturated heterocycles. The molecule has 0 unspecified atom stereocenters. The summed E-state index contributed by atoms with van der Waals surface area (Å²) >= 11 is 0. The van der Waals surface area contributed by atoms with Crippen molar-refractivity contribution in [2.24, 2.45) is 0 Å². The van der Waals surface area contributed by atoms with E-state index in [1.807, 2.05) is 0 Å². The van der Waals surface area contributed by atoms with E-state index in [0.717, 1.165) is 0 Å². The lowest BCUT2D eigenvalue weighted by Crippen LogP contribution is -2.30. The SMILES string of the molecule is COC(CN/C(C)=C(C(C)=O)/C(C(C)=O)=C(\C)O)OC. The van der Waals surface area contributed by atoms with Gasteiger partial charge in [0.1, 0.15) is 5.76 Å². The van der Waals surface area contributed by atoms with Crippen LogP contribution in [0.1, 0.15) is 27.7 Å². The average molecular weight is 285 g/mol. The Balaban J connectivity index is 5.45. The third kappa shape index (κ3) is 5.14. The van der Waals surface area contributed by atoms with Crippen LogP contribution in [-0.4, -0.2) is 43.7 Å². The zero-order valence-corrected chi connectivity index (χ0v) is 12.9. The van der Waals surface area contributed by atoms with Crippen molar-refractivity contribution in [1.82, 2.24) is 5.32 Å². The van der Waals surface area contributed by atoms with Crippen LogP contribution in [0.25, 0.3) is 0 Å². The van der Waals surface area contributed by atoms with E-state index >= 15 is 0 Å². The molecule has 0 amide bonds. The Kier molecular flexibility index (Phi) is 7.79. The monoisotopic (exact) mass is 285 g/mol. The van der Waals surface area contributed by atoms with Crippen LogP contribution in [0.5, 0.6) is 0 Å². The molecule has 0 rings (SSSR count). The zero-order chi connectivity index (χ0) is 15.9. The molecule has 0 radical (unpaired) electrons. The van der Waals surface area contributed by atoms with Gasteiger partial charge in [-0.1, -0.05) is 0 Å². The van der Waals surface area contributed by atoms with Gasteiger partial charge in [-0.05, 0) is 27.7 Å². The van der Waals surface area contributed by atoms with Gasteiger partial charge in [0.05, 0.1) is 17.7 Å². The maximum Gasteiger partial charge on any atom is 0.173 e. The van der Waals surface area contributed by atoms with Crippen LogP contribution in [-0.2, 0) is 19.1 Å². The summed E-state index contributed by atoms with van der Waals surface area (Å²) in [6.45, 7) is 5.99. The van der Waals surface area contributed by atoms with E-state index in [9.17, 15) is 14.7 Å². The van der Waals surface area contributed by atoms with E-state index in [1.54, 1.807) is 6.92 Å². The normalized spacial score (nSPS) is 13.8. The Morgan fingerprint density at radius 1 is 1.00 bits per heavy atom. The number of carbonyl (C=O) groups is 2. The lowest BCUT2D eigenvalue weighted by Gasteiger charge is -2.18. The molecule has 0 bridgehead atoms. The highest BCUT2D eigenvalue weighted by molar-refractivity contribution is 6.11. The lowest BCUT2D eigenvalue weighted by atomic mass is 9.96. The second-order valence-electron chi connectivity index (χ2n) is 4.35. The first-order valence-corrected chi connectivity index (χ1v) is 6.18. The van der Waals surface area contributed by atoms with Crippen molar-refractivity contribution >= 4 is 11.6 Å². The number of aliphatic hydroxyl groups excluding tert-OH is 1. The molecule has 0 aliphatic heterocycles. The van der Waals surface area contributed by atoms with Crippen molar-refractivity contribution in [3.8, 4) is 0 Å². The predicted molar refractivity (Wildman–Crippen MR) is 75.2 cm³/mol. The number of hydrogen-bond acceptors (Lipinski definition) is 6. The molecule has 0 saturated carbocycles. The van der Waals surface area contributed by atoms with Gasteiger partial charge >= 0.3 is 0 Å². The van der Waals surface area contributed by atoms with Crippen LogP contribution in [0.15, 0.2) is 22.6 Å². The third-order valence-electron chi connectivity index (χ3n) is 2.75. The summed E-state index contributed by atoms with van der Waals surface area (Å²) in [6.07, 6.45) is -0.474. The Morgan fingerprint density at radius 3 is 1.75 bits per heavy atom. The highest BCUT2D eigenvalue weighted by Crippen LogP contribution is 2.19. The smallest absolute Gasteiger partial charge is 0.173 e. The number of nitrogens with one attached hydrogen (secondary N) is 1. The number of carbonyl (C=O) groups excluding carboxylic acids is 2. The summed E-state index contributed by atoms with van der Waals surface area (Å²) in [4.78, 5) is 23.4. The standard InChI is InChI=1S/C14H23NO5/c1-8(15-7-12(19-5)20-6)13(9(2)16)14(10(3)17)11(4)18/h12,15,17H,7H2,1-6H3/b13-8+,14-10+. The quantitative estimate of drug-likeness (QED) is 0.304. The van der Waals surface area contributed by atoms with Gasteiger partial charge in [0.25, 0.3) is 0 Å². The van der Waals surface area contributed by atoms with Gasteiger partial charge in [0.15, 0.2) is 17.9 Å². The molecule has 0 aromatic heterocycles. The molecule has 0 aliphatic rings. The van der Waals surface area contributed by atoms with Crippen molar-refractivity contribution in [2.75, 3.05) is 20.8 Å². The molecule has 0 atom stereocenters. The number of aliphatic hydroxyl groups is 1. The minimum atomic E-state index is -0.474. The van der Waals surface area contributed by atoms with Gasteiger partial charge < -0.3 is 19.9 Å². The van der Waals surface area contributed by atoms with Crippen LogP contribution < -0.4 is 5.32 Å². The minimum absolute atomic E-state index is 0.0221. The average Bonchev–Trinajstić information content (AvgIpc) is 2.35. The highest BCUT2D eigenvalue weighted by atomic mass is 16.7. The Morgan fingerprint density at radius 2 is 1.45 bits per heavy atom. The number of ketones is 2. The first-order chi connectivity index (χ1) is 9.26. The number of Topliss-reactive ketones (excluding diaryl/α,β-unsaturated/α-hetero) is 2. The van der Waals surface area contributed by atoms with Gasteiger partial charge in [-0.25, -0.2) is 0 Å². The molecule has 0 fully saturated rings. The molecule has 0 aliphatic carbocycles. The Labute approximate surface area is 119 Å². The first-order valence-electron chi connectivity index (χ1n) is 6.18. The molecule has 6 heteroatoms. The van der Waals surface area contributed by atoms with Crippen LogP contribution in [0.3, 0.4) is 0 Å². The maximum atomic E-state index is 11.8. The maximum absolute atomic E-state index is 11.8. The number of allylic oxidation sites excluding steroid dienone is 4. The van der Waals surface area contributed by atoms with Crippen molar-refractivity contribution in [2.45, 2.75) is 34.0 Å². The molecule has 20 heavy (non-hydrogen) atoms. The fourth-order valence-corrected chi connectivity index (χ4v) is 1.83. The molecule has 0 spiro atoms. The van der Waals surface area contributed by atoms with Crippen LogP contribution >= 0.6 is 0 Å². The predicted octanol–water partition coefficient (Wildman–Crippen LogP) is 1.48. The Bertz CT molecular complexity index is 429. The van der Waals surface area contributed by atoms with Crippen molar-refractivity contribution in [1.29, 1.82) is 0 Å². The molecule has 0 aromatic carbocycles. The molecule has 114 valence electrons. The largest absolute Gasteiger partial charge is 0.512 e. The van der Waals surface area contributed by atoms with E-state index in [2.05, 4.69) is 5.32 Å². The van der Waals surface area contributed by atoms with Crippen molar-refractivity contribution in [3.63, 3.8) is 0 Å². The summed E-state index contributed by atoms with van der Waals surface area (Å²) in [7, 11) is 3.00. The van der Waals surface area contributed by atoms with Crippen LogP contribution in [0.4, 0.5) is 0 Å². The molecule has 0 heterocycles. The van der Waals surface area contributed by atoms with Gasteiger partial charge in [-0.15, -0.1) is 0 Å². The second kappa shape index (κ2) is 8.50. The number of hydrogen-bond donors (Lipinski definition) is 2. The van der Waals surface area contributed by atoms with E-state index in [-0.39, 0.29) is 28.5 Å². The van der Waals surface area contributed by atoms with Gasteiger partial charge in [-0.3, -0.25) is 9.59 Å². The van der Waals surface area contributed by atoms with Crippen molar-refractivity contribution < 1.29 is 24.2 Å². The molecule has 2 N–H and O–H groups in total. The van der Waals surface area contributed by atoms with Crippen LogP contribution in [0.2, 0.25) is 0 Å². The summed E-state index contributed by atoms with van der Waals surface area (Å²) in [6, 6.07) is 0. The molecular weight excluding hydrogens is 262 g/mol. The molecule has 6 nitrogen and oxygen atoms in total. The van der Waals surface area contributed by atoms with Crippen LogP contribution in [0, 0.1) is 0 Å². The number of methoxy groups -OCH3 is 2. The summed E-state index contributed by atoms with van der Waals surface area (Å²) < 4.78 is 10.0. The van der Waals surface area contributed by atoms with E-state index in [4.69, 9.17) is 9.47 Å². The van der Waals surface area contributed by atoms with E-state index < -0.39 is 6.29 Å².